The zero-order valence-corrected chi connectivity index (χ0v) is 9.69. The molecule has 0 aliphatic rings. The van der Waals surface area contributed by atoms with Crippen LogP contribution in [0.25, 0.3) is 0 Å². The summed E-state index contributed by atoms with van der Waals surface area (Å²) in [6.07, 6.45) is 1.50. The van der Waals surface area contributed by atoms with Crippen LogP contribution in [0.3, 0.4) is 0 Å². The predicted octanol–water partition coefficient (Wildman–Crippen LogP) is 2.83. The zero-order valence-electron chi connectivity index (χ0n) is 9.69. The molecule has 0 atom stereocenters. The Balaban J connectivity index is 2.15. The van der Waals surface area contributed by atoms with Crippen molar-refractivity contribution in [2.45, 2.75) is 6.54 Å². The molecular formula is C13H11F2NO2. The molecule has 5 heteroatoms. The lowest BCUT2D eigenvalue weighted by molar-refractivity contribution is 0.0774. The van der Waals surface area contributed by atoms with Crippen molar-refractivity contribution >= 4 is 5.91 Å². The van der Waals surface area contributed by atoms with E-state index in [1.807, 2.05) is 0 Å². The van der Waals surface area contributed by atoms with E-state index in [0.29, 0.717) is 5.76 Å². The van der Waals surface area contributed by atoms with Gasteiger partial charge in [-0.25, -0.2) is 8.78 Å². The Morgan fingerprint density at radius 1 is 1.28 bits per heavy atom. The van der Waals surface area contributed by atoms with Crippen LogP contribution in [0.1, 0.15) is 16.1 Å². The summed E-state index contributed by atoms with van der Waals surface area (Å²) in [6, 6.07) is 6.16. The van der Waals surface area contributed by atoms with Crippen LogP contribution in [-0.4, -0.2) is 17.9 Å². The first-order chi connectivity index (χ1) is 8.56. The Morgan fingerprint density at radius 3 is 2.50 bits per heavy atom. The van der Waals surface area contributed by atoms with Gasteiger partial charge in [-0.15, -0.1) is 0 Å². The fourth-order valence-corrected chi connectivity index (χ4v) is 1.61. The minimum atomic E-state index is -0.773. The average Bonchev–Trinajstić information content (AvgIpc) is 2.79. The van der Waals surface area contributed by atoms with E-state index in [4.69, 9.17) is 4.42 Å². The van der Waals surface area contributed by atoms with Crippen LogP contribution >= 0.6 is 0 Å². The predicted molar refractivity (Wildman–Crippen MR) is 60.9 cm³/mol. The van der Waals surface area contributed by atoms with Crippen molar-refractivity contribution in [1.29, 1.82) is 0 Å². The normalized spacial score (nSPS) is 10.4. The van der Waals surface area contributed by atoms with Gasteiger partial charge >= 0.3 is 0 Å². The van der Waals surface area contributed by atoms with Crippen LogP contribution in [-0.2, 0) is 6.54 Å². The molecule has 2 aromatic rings. The van der Waals surface area contributed by atoms with Gasteiger partial charge in [-0.05, 0) is 24.3 Å². The second kappa shape index (κ2) is 5.00. The van der Waals surface area contributed by atoms with Crippen LogP contribution < -0.4 is 0 Å². The molecule has 1 heterocycles. The molecule has 0 aliphatic heterocycles. The molecule has 0 bridgehead atoms. The van der Waals surface area contributed by atoms with Crippen LogP contribution in [0.15, 0.2) is 41.0 Å². The van der Waals surface area contributed by atoms with E-state index in [2.05, 4.69) is 0 Å². The summed E-state index contributed by atoms with van der Waals surface area (Å²) in [5.41, 5.74) is -0.0263. The van der Waals surface area contributed by atoms with Gasteiger partial charge in [0.2, 0.25) is 0 Å². The molecule has 2 rings (SSSR count). The smallest absolute Gasteiger partial charge is 0.254 e. The van der Waals surface area contributed by atoms with E-state index in [0.717, 1.165) is 18.2 Å². The summed E-state index contributed by atoms with van der Waals surface area (Å²) in [4.78, 5) is 13.3. The van der Waals surface area contributed by atoms with Crippen molar-refractivity contribution in [3.05, 3.63) is 59.6 Å². The van der Waals surface area contributed by atoms with Crippen LogP contribution in [0.2, 0.25) is 0 Å². The standard InChI is InChI=1S/C13H11F2NO2/c1-16(8-12-3-2-4-18-12)13(17)9-5-10(14)7-11(15)6-9/h2-7H,8H2,1H3. The second-order valence-corrected chi connectivity index (χ2v) is 3.90. The highest BCUT2D eigenvalue weighted by Gasteiger charge is 2.15. The lowest BCUT2D eigenvalue weighted by Crippen LogP contribution is -2.26. The van der Waals surface area contributed by atoms with Crippen LogP contribution in [0.5, 0.6) is 0 Å². The zero-order chi connectivity index (χ0) is 13.1. The van der Waals surface area contributed by atoms with Gasteiger partial charge in [-0.1, -0.05) is 0 Å². The second-order valence-electron chi connectivity index (χ2n) is 3.90. The Hall–Kier alpha value is -2.17. The van der Waals surface area contributed by atoms with Gasteiger partial charge in [-0.3, -0.25) is 4.79 Å². The first kappa shape index (κ1) is 12.3. The van der Waals surface area contributed by atoms with E-state index in [1.165, 1.54) is 18.2 Å². The van der Waals surface area contributed by atoms with E-state index in [1.54, 1.807) is 12.1 Å². The molecule has 0 saturated heterocycles. The molecule has 1 aromatic carbocycles. The Labute approximate surface area is 103 Å². The van der Waals surface area contributed by atoms with Crippen molar-refractivity contribution in [3.8, 4) is 0 Å². The Bertz CT molecular complexity index is 532. The molecule has 18 heavy (non-hydrogen) atoms. The summed E-state index contributed by atoms with van der Waals surface area (Å²) in [6.45, 7) is 0.240. The van der Waals surface area contributed by atoms with Gasteiger partial charge in [0.25, 0.3) is 5.91 Å². The summed E-state index contributed by atoms with van der Waals surface area (Å²) in [5.74, 6) is -1.41. The van der Waals surface area contributed by atoms with Crippen molar-refractivity contribution in [2.75, 3.05) is 7.05 Å². The maximum atomic E-state index is 13.0. The monoisotopic (exact) mass is 251 g/mol. The molecule has 3 nitrogen and oxygen atoms in total. The third-order valence-electron chi connectivity index (χ3n) is 2.43. The number of nitrogens with zero attached hydrogens (tertiary/aromatic N) is 1. The maximum Gasteiger partial charge on any atom is 0.254 e. The van der Waals surface area contributed by atoms with Crippen LogP contribution in [0, 0.1) is 11.6 Å². The minimum Gasteiger partial charge on any atom is -0.467 e. The fourth-order valence-electron chi connectivity index (χ4n) is 1.61. The summed E-state index contributed by atoms with van der Waals surface area (Å²) >= 11 is 0. The minimum absolute atomic E-state index is 0.0263. The van der Waals surface area contributed by atoms with E-state index >= 15 is 0 Å². The number of rotatable bonds is 3. The Morgan fingerprint density at radius 2 is 1.94 bits per heavy atom. The first-order valence-electron chi connectivity index (χ1n) is 5.30. The molecular weight excluding hydrogens is 240 g/mol. The Kier molecular flexibility index (Phi) is 3.41. The molecule has 94 valence electrons. The molecule has 0 N–H and O–H groups in total. The highest BCUT2D eigenvalue weighted by molar-refractivity contribution is 5.94. The number of carbonyl (C=O) groups is 1. The van der Waals surface area contributed by atoms with E-state index in [9.17, 15) is 13.6 Å². The number of benzene rings is 1. The third kappa shape index (κ3) is 2.74. The van der Waals surface area contributed by atoms with Crippen molar-refractivity contribution in [2.24, 2.45) is 0 Å². The quantitative estimate of drug-likeness (QED) is 0.840. The van der Waals surface area contributed by atoms with Crippen molar-refractivity contribution in [1.82, 2.24) is 4.90 Å². The lowest BCUT2D eigenvalue weighted by Gasteiger charge is -2.15. The summed E-state index contributed by atoms with van der Waals surface area (Å²) in [5, 5.41) is 0. The van der Waals surface area contributed by atoms with E-state index in [-0.39, 0.29) is 12.1 Å². The number of amides is 1. The van der Waals surface area contributed by atoms with Gasteiger partial charge in [0.1, 0.15) is 17.4 Å². The van der Waals surface area contributed by atoms with Gasteiger partial charge < -0.3 is 9.32 Å². The molecule has 0 saturated carbocycles. The summed E-state index contributed by atoms with van der Waals surface area (Å²) in [7, 11) is 1.54. The SMILES string of the molecule is CN(Cc1ccco1)C(=O)c1cc(F)cc(F)c1. The number of halogens is 2. The van der Waals surface area contributed by atoms with E-state index < -0.39 is 17.5 Å². The van der Waals surface area contributed by atoms with Gasteiger partial charge in [0, 0.05) is 18.7 Å². The summed E-state index contributed by atoms with van der Waals surface area (Å²) < 4.78 is 31.1. The molecule has 1 amide bonds. The average molecular weight is 251 g/mol. The molecule has 0 radical (unpaired) electrons. The van der Waals surface area contributed by atoms with Crippen molar-refractivity contribution < 1.29 is 18.0 Å². The molecule has 0 unspecified atom stereocenters. The van der Waals surface area contributed by atoms with Gasteiger partial charge in [0.15, 0.2) is 0 Å². The fraction of sp³-hybridized carbons (Fsp3) is 0.154. The van der Waals surface area contributed by atoms with Gasteiger partial charge in [0.05, 0.1) is 12.8 Å². The number of furan rings is 1. The maximum absolute atomic E-state index is 13.0. The first-order valence-corrected chi connectivity index (χ1v) is 5.30. The van der Waals surface area contributed by atoms with Gasteiger partial charge in [-0.2, -0.15) is 0 Å². The largest absolute Gasteiger partial charge is 0.467 e. The topological polar surface area (TPSA) is 33.5 Å². The molecule has 0 aliphatic carbocycles. The highest BCUT2D eigenvalue weighted by Crippen LogP contribution is 2.12. The number of carbonyl (C=O) groups excluding carboxylic acids is 1. The lowest BCUT2D eigenvalue weighted by atomic mass is 10.2. The highest BCUT2D eigenvalue weighted by atomic mass is 19.1. The number of hydrogen-bond acceptors (Lipinski definition) is 2. The molecule has 1 aromatic heterocycles. The third-order valence-corrected chi connectivity index (χ3v) is 2.43. The molecule has 0 fully saturated rings. The molecule has 0 spiro atoms. The number of hydrogen-bond donors (Lipinski definition) is 0. The van der Waals surface area contributed by atoms with Crippen molar-refractivity contribution in [3.63, 3.8) is 0 Å². The van der Waals surface area contributed by atoms with Crippen LogP contribution in [0.4, 0.5) is 8.78 Å².